The molecule has 0 bridgehead atoms. The molecule has 200 valence electrons. The van der Waals surface area contributed by atoms with E-state index in [0.717, 1.165) is 55.7 Å². The first-order valence-corrected chi connectivity index (χ1v) is 12.9. The highest BCUT2D eigenvalue weighted by Crippen LogP contribution is 2.38. The van der Waals surface area contributed by atoms with Crippen molar-refractivity contribution in [1.29, 1.82) is 0 Å². The molecule has 0 aliphatic heterocycles. The van der Waals surface area contributed by atoms with Gasteiger partial charge < -0.3 is 23.5 Å². The maximum absolute atomic E-state index is 13.2. The van der Waals surface area contributed by atoms with Crippen LogP contribution in [-0.4, -0.2) is 47.5 Å². The number of aryl methyl sites for hydroxylation is 2. The molecule has 0 saturated heterocycles. The average molecular weight is 518 g/mol. The van der Waals surface area contributed by atoms with Gasteiger partial charge in [0.25, 0.3) is 0 Å². The van der Waals surface area contributed by atoms with E-state index in [-0.39, 0.29) is 11.0 Å². The molecule has 0 saturated carbocycles. The van der Waals surface area contributed by atoms with Gasteiger partial charge >= 0.3 is 6.18 Å². The van der Waals surface area contributed by atoms with Crippen LogP contribution in [0.3, 0.4) is 0 Å². The molecule has 0 atom stereocenters. The van der Waals surface area contributed by atoms with Crippen LogP contribution in [0.1, 0.15) is 44.9 Å². The van der Waals surface area contributed by atoms with Crippen LogP contribution >= 0.6 is 0 Å². The summed E-state index contributed by atoms with van der Waals surface area (Å²) in [5.74, 6) is 1.41. The molecule has 0 spiro atoms. The van der Waals surface area contributed by atoms with Crippen LogP contribution in [0.5, 0.6) is 11.5 Å². The summed E-state index contributed by atoms with van der Waals surface area (Å²) in [5.41, 5.74) is 0.898. The summed E-state index contributed by atoms with van der Waals surface area (Å²) in [5, 5.41) is 4.36. The number of fused-ring (bicyclic) bond motifs is 2. The zero-order chi connectivity index (χ0) is 26.4. The summed E-state index contributed by atoms with van der Waals surface area (Å²) < 4.78 is 58.9. The van der Waals surface area contributed by atoms with E-state index in [1.54, 1.807) is 6.07 Å². The van der Waals surface area contributed by atoms with Gasteiger partial charge in [-0.3, -0.25) is 0 Å². The molecule has 0 aliphatic carbocycles. The van der Waals surface area contributed by atoms with Gasteiger partial charge in [0, 0.05) is 35.8 Å². The normalized spacial score (nSPS) is 12.2. The topological polar surface area (TPSA) is 52.7 Å². The van der Waals surface area contributed by atoms with Gasteiger partial charge in [0.2, 0.25) is 0 Å². The fourth-order valence-electron chi connectivity index (χ4n) is 4.58. The molecule has 9 heteroatoms. The second-order valence-electron chi connectivity index (χ2n) is 9.00. The molecule has 6 nitrogen and oxygen atoms in total. The Morgan fingerprint density at radius 3 is 2.54 bits per heavy atom. The van der Waals surface area contributed by atoms with Gasteiger partial charge in [-0.25, -0.2) is 0 Å². The van der Waals surface area contributed by atoms with E-state index in [1.807, 2.05) is 19.2 Å². The standard InChI is InChI=1S/C28H34F3N3O3/c1-4-8-22-25(12-10-23-26(22)37-32-27(23)28(29,30)31)36-17-7-14-34-15-13-20-19-21(9-11-24(20)34)35-18-16-33(5-2)6-3/h9-13,15,19H,4-8,14,16-18H2,1-3H3. The lowest BCUT2D eigenvalue weighted by Gasteiger charge is -2.18. The number of benzene rings is 2. The Morgan fingerprint density at radius 1 is 1.00 bits per heavy atom. The van der Waals surface area contributed by atoms with Crippen molar-refractivity contribution in [3.05, 3.63) is 53.9 Å². The molecule has 2 heterocycles. The molecule has 2 aromatic heterocycles. The first-order valence-electron chi connectivity index (χ1n) is 12.9. The largest absolute Gasteiger partial charge is 0.493 e. The smallest absolute Gasteiger partial charge is 0.437 e. The summed E-state index contributed by atoms with van der Waals surface area (Å²) in [6.07, 6.45) is -0.491. The number of rotatable bonds is 13. The van der Waals surface area contributed by atoms with Crippen LogP contribution in [0.2, 0.25) is 0 Å². The fourth-order valence-corrected chi connectivity index (χ4v) is 4.58. The Morgan fingerprint density at radius 2 is 1.81 bits per heavy atom. The predicted octanol–water partition coefficient (Wildman–Crippen LogP) is 6.94. The summed E-state index contributed by atoms with van der Waals surface area (Å²) in [6.45, 7) is 11.0. The van der Waals surface area contributed by atoms with E-state index in [1.165, 1.54) is 6.07 Å². The first-order chi connectivity index (χ1) is 17.9. The van der Waals surface area contributed by atoms with Gasteiger partial charge in [-0.15, -0.1) is 0 Å². The minimum atomic E-state index is -4.56. The molecule has 0 fully saturated rings. The Hall–Kier alpha value is -3.20. The molecule has 0 N–H and O–H groups in total. The van der Waals surface area contributed by atoms with Gasteiger partial charge in [0.15, 0.2) is 11.3 Å². The van der Waals surface area contributed by atoms with Crippen LogP contribution in [0, 0.1) is 0 Å². The molecule has 0 amide bonds. The molecule has 0 radical (unpaired) electrons. The summed E-state index contributed by atoms with van der Waals surface area (Å²) in [7, 11) is 0. The van der Waals surface area contributed by atoms with E-state index >= 15 is 0 Å². The van der Waals surface area contributed by atoms with Crippen molar-refractivity contribution < 1.29 is 27.2 Å². The summed E-state index contributed by atoms with van der Waals surface area (Å²) in [6, 6.07) is 11.2. The monoisotopic (exact) mass is 517 g/mol. The Kier molecular flexibility index (Phi) is 8.63. The lowest BCUT2D eigenvalue weighted by molar-refractivity contribution is -0.141. The summed E-state index contributed by atoms with van der Waals surface area (Å²) >= 11 is 0. The molecule has 37 heavy (non-hydrogen) atoms. The van der Waals surface area contributed by atoms with Crippen LogP contribution in [0.15, 0.2) is 47.1 Å². The molecule has 4 aromatic rings. The van der Waals surface area contributed by atoms with Crippen molar-refractivity contribution in [2.75, 3.05) is 32.8 Å². The molecule has 4 rings (SSSR count). The number of nitrogens with zero attached hydrogens (tertiary/aromatic N) is 3. The van der Waals surface area contributed by atoms with E-state index < -0.39 is 11.9 Å². The first kappa shape index (κ1) is 26.9. The van der Waals surface area contributed by atoms with Crippen molar-refractivity contribution in [3.8, 4) is 11.5 Å². The van der Waals surface area contributed by atoms with Crippen LogP contribution in [0.4, 0.5) is 13.2 Å². The highest BCUT2D eigenvalue weighted by molar-refractivity contribution is 5.85. The number of ether oxygens (including phenoxy) is 2. The van der Waals surface area contributed by atoms with Gasteiger partial charge in [-0.2, -0.15) is 13.2 Å². The molecular weight excluding hydrogens is 483 g/mol. The predicted molar refractivity (Wildman–Crippen MR) is 138 cm³/mol. The Balaban J connectivity index is 1.36. The van der Waals surface area contributed by atoms with Gasteiger partial charge in [-0.1, -0.05) is 32.3 Å². The van der Waals surface area contributed by atoms with Crippen LogP contribution < -0.4 is 9.47 Å². The molecular formula is C28H34F3N3O3. The third-order valence-corrected chi connectivity index (χ3v) is 6.58. The van der Waals surface area contributed by atoms with E-state index in [4.69, 9.17) is 14.0 Å². The number of aromatic nitrogens is 2. The van der Waals surface area contributed by atoms with E-state index in [0.29, 0.717) is 30.9 Å². The lowest BCUT2D eigenvalue weighted by Crippen LogP contribution is -2.27. The maximum Gasteiger partial charge on any atom is 0.437 e. The second-order valence-corrected chi connectivity index (χ2v) is 9.00. The Bertz CT molecular complexity index is 1310. The highest BCUT2D eigenvalue weighted by atomic mass is 19.4. The minimum Gasteiger partial charge on any atom is -0.493 e. The van der Waals surface area contributed by atoms with E-state index in [2.05, 4.69) is 46.7 Å². The number of halogens is 3. The highest BCUT2D eigenvalue weighted by Gasteiger charge is 2.37. The van der Waals surface area contributed by atoms with E-state index in [9.17, 15) is 13.2 Å². The van der Waals surface area contributed by atoms with Crippen LogP contribution in [-0.2, 0) is 19.1 Å². The van der Waals surface area contributed by atoms with Gasteiger partial charge in [-0.05, 0) is 62.3 Å². The third-order valence-electron chi connectivity index (χ3n) is 6.58. The Labute approximate surface area is 214 Å². The average Bonchev–Trinajstić information content (AvgIpc) is 3.50. The minimum absolute atomic E-state index is 0.0292. The number of likely N-dealkylation sites (N-methyl/N-ethyl adjacent to an activating group) is 1. The second kappa shape index (κ2) is 11.9. The molecule has 0 unspecified atom stereocenters. The maximum atomic E-state index is 13.2. The van der Waals surface area contributed by atoms with Crippen molar-refractivity contribution in [3.63, 3.8) is 0 Å². The van der Waals surface area contributed by atoms with Crippen molar-refractivity contribution in [1.82, 2.24) is 14.6 Å². The van der Waals surface area contributed by atoms with Gasteiger partial charge in [0.05, 0.1) is 12.0 Å². The third kappa shape index (κ3) is 6.21. The molecule has 0 aliphatic rings. The lowest BCUT2D eigenvalue weighted by atomic mass is 10.0. The van der Waals surface area contributed by atoms with Gasteiger partial charge in [0.1, 0.15) is 18.1 Å². The zero-order valence-electron chi connectivity index (χ0n) is 21.6. The van der Waals surface area contributed by atoms with Crippen molar-refractivity contribution in [2.24, 2.45) is 0 Å². The number of hydrogen-bond acceptors (Lipinski definition) is 5. The molecule has 2 aromatic carbocycles. The quantitative estimate of drug-likeness (QED) is 0.180. The van der Waals surface area contributed by atoms with Crippen LogP contribution in [0.25, 0.3) is 21.9 Å². The number of hydrogen-bond donors (Lipinski definition) is 0. The van der Waals surface area contributed by atoms with Crippen molar-refractivity contribution in [2.45, 2.75) is 52.8 Å². The van der Waals surface area contributed by atoms with Crippen molar-refractivity contribution >= 4 is 21.9 Å². The SMILES string of the molecule is CCCc1c(OCCCn2ccc3cc(OCCN(CC)CC)ccc32)ccc2c(C(F)(F)F)noc12. The zero-order valence-corrected chi connectivity index (χ0v) is 21.6. The fraction of sp³-hybridized carbons (Fsp3) is 0.464. The summed E-state index contributed by atoms with van der Waals surface area (Å²) in [4.78, 5) is 2.33. The number of alkyl halides is 3.